The number of azo groups is 1. The van der Waals surface area contributed by atoms with Crippen LogP contribution in [0, 0.1) is 17.3 Å². The Morgan fingerprint density at radius 2 is 1.09 bits per heavy atom. The molecule has 2 saturated carbocycles. The molecular formula is C21H22N2. The van der Waals surface area contributed by atoms with E-state index in [4.69, 9.17) is 10.2 Å². The maximum atomic E-state index is 5.01. The molecule has 0 saturated heterocycles. The van der Waals surface area contributed by atoms with Crippen molar-refractivity contribution in [3.63, 3.8) is 0 Å². The minimum atomic E-state index is -0.160. The Balaban J connectivity index is 1.78. The molecule has 0 radical (unpaired) electrons. The van der Waals surface area contributed by atoms with E-state index in [-0.39, 0.29) is 16.5 Å². The van der Waals surface area contributed by atoms with Crippen molar-refractivity contribution >= 4 is 0 Å². The van der Waals surface area contributed by atoms with Gasteiger partial charge in [0.2, 0.25) is 0 Å². The molecule has 23 heavy (non-hydrogen) atoms. The summed E-state index contributed by atoms with van der Waals surface area (Å²) in [6.07, 6.45) is 2.55. The zero-order valence-corrected chi connectivity index (χ0v) is 13.7. The summed E-state index contributed by atoms with van der Waals surface area (Å²) in [6.45, 7) is 4.79. The smallest absolute Gasteiger partial charge is 0.117 e. The fraction of sp³-hybridized carbons (Fsp3) is 0.429. The Morgan fingerprint density at radius 1 is 0.696 bits per heavy atom. The van der Waals surface area contributed by atoms with Crippen LogP contribution in [0.3, 0.4) is 0 Å². The van der Waals surface area contributed by atoms with E-state index in [2.05, 4.69) is 74.5 Å². The summed E-state index contributed by atoms with van der Waals surface area (Å²) in [5.74, 6) is 1.25. The molecule has 2 heteroatoms. The maximum Gasteiger partial charge on any atom is 0.117 e. The maximum absolute atomic E-state index is 5.01. The molecule has 2 aromatic carbocycles. The fourth-order valence-corrected chi connectivity index (χ4v) is 5.92. The summed E-state index contributed by atoms with van der Waals surface area (Å²) >= 11 is 0. The van der Waals surface area contributed by atoms with Crippen LogP contribution >= 0.6 is 0 Å². The summed E-state index contributed by atoms with van der Waals surface area (Å²) in [5.41, 5.74) is 2.37. The van der Waals surface area contributed by atoms with Crippen molar-refractivity contribution < 1.29 is 0 Å². The molecule has 0 aromatic heterocycles. The molecule has 2 bridgehead atoms. The Morgan fingerprint density at radius 3 is 1.43 bits per heavy atom. The highest BCUT2D eigenvalue weighted by atomic mass is 15.3. The van der Waals surface area contributed by atoms with Crippen LogP contribution in [0.5, 0.6) is 0 Å². The first kappa shape index (κ1) is 13.5. The first-order valence-corrected chi connectivity index (χ1v) is 8.70. The van der Waals surface area contributed by atoms with Gasteiger partial charge in [0.1, 0.15) is 11.1 Å². The molecule has 1 aliphatic heterocycles. The predicted octanol–water partition coefficient (Wildman–Crippen LogP) is 5.31. The van der Waals surface area contributed by atoms with E-state index in [0.29, 0.717) is 11.8 Å². The van der Waals surface area contributed by atoms with E-state index in [0.717, 1.165) is 0 Å². The van der Waals surface area contributed by atoms with Gasteiger partial charge in [-0.05, 0) is 35.8 Å². The molecule has 2 fully saturated rings. The van der Waals surface area contributed by atoms with Gasteiger partial charge in [-0.3, -0.25) is 0 Å². The van der Waals surface area contributed by atoms with Gasteiger partial charge >= 0.3 is 0 Å². The Hall–Kier alpha value is -1.96. The van der Waals surface area contributed by atoms with E-state index < -0.39 is 0 Å². The molecule has 5 rings (SSSR count). The lowest BCUT2D eigenvalue weighted by atomic mass is 9.62. The van der Waals surface area contributed by atoms with Crippen LogP contribution in [0.15, 0.2) is 70.9 Å². The molecule has 3 aliphatic rings. The molecule has 116 valence electrons. The lowest BCUT2D eigenvalue weighted by Crippen LogP contribution is -2.43. The average Bonchev–Trinajstić information content (AvgIpc) is 2.84. The zero-order valence-electron chi connectivity index (χ0n) is 13.7. The number of benzene rings is 2. The van der Waals surface area contributed by atoms with Crippen LogP contribution in [0.2, 0.25) is 0 Å². The van der Waals surface area contributed by atoms with Gasteiger partial charge in [-0.25, -0.2) is 0 Å². The molecule has 0 N–H and O–H groups in total. The van der Waals surface area contributed by atoms with Gasteiger partial charge in [0.25, 0.3) is 0 Å². The van der Waals surface area contributed by atoms with Gasteiger partial charge in [0, 0.05) is 5.41 Å². The van der Waals surface area contributed by atoms with Crippen LogP contribution in [0.1, 0.15) is 37.8 Å². The van der Waals surface area contributed by atoms with Gasteiger partial charge in [0.15, 0.2) is 0 Å². The van der Waals surface area contributed by atoms with E-state index >= 15 is 0 Å². The quantitative estimate of drug-likeness (QED) is 0.718. The molecule has 0 spiro atoms. The summed E-state index contributed by atoms with van der Waals surface area (Å²) < 4.78 is 0. The van der Waals surface area contributed by atoms with E-state index in [1.807, 2.05) is 0 Å². The summed E-state index contributed by atoms with van der Waals surface area (Å²) in [7, 11) is 0. The lowest BCUT2D eigenvalue weighted by molar-refractivity contribution is 0.0843. The third-order valence-corrected chi connectivity index (χ3v) is 7.05. The van der Waals surface area contributed by atoms with E-state index in [1.54, 1.807) is 0 Å². The number of hydrogen-bond donors (Lipinski definition) is 0. The van der Waals surface area contributed by atoms with E-state index in [9.17, 15) is 0 Å². The number of rotatable bonds is 2. The number of hydrogen-bond acceptors (Lipinski definition) is 2. The van der Waals surface area contributed by atoms with E-state index in [1.165, 1.54) is 24.0 Å². The second kappa shape index (κ2) is 4.11. The normalized spacial score (nSPS) is 39.0. The van der Waals surface area contributed by atoms with Crippen LogP contribution in [-0.4, -0.2) is 0 Å². The van der Waals surface area contributed by atoms with Crippen molar-refractivity contribution in [2.24, 2.45) is 27.5 Å². The third kappa shape index (κ3) is 1.26. The van der Waals surface area contributed by atoms with Gasteiger partial charge < -0.3 is 0 Å². The topological polar surface area (TPSA) is 24.7 Å². The SMILES string of the molecule is CC1(C)[C@]2(c3ccccc3)N=N[C@@]1(c1ccccc1)[C@H]1CC[C@@H]12. The first-order chi connectivity index (χ1) is 11.1. The fourth-order valence-electron chi connectivity index (χ4n) is 5.92. The average molecular weight is 302 g/mol. The summed E-state index contributed by atoms with van der Waals surface area (Å²) in [4.78, 5) is 0. The lowest BCUT2D eigenvalue weighted by Gasteiger charge is -2.45. The summed E-state index contributed by atoms with van der Waals surface area (Å²) in [6, 6.07) is 21.8. The van der Waals surface area contributed by atoms with Crippen molar-refractivity contribution in [3.05, 3.63) is 71.8 Å². The zero-order chi connectivity index (χ0) is 15.7. The van der Waals surface area contributed by atoms with Crippen LogP contribution in [0.4, 0.5) is 0 Å². The second-order valence-electron chi connectivity index (χ2n) is 7.88. The highest BCUT2D eigenvalue weighted by molar-refractivity contribution is 5.45. The Kier molecular flexibility index (Phi) is 2.41. The van der Waals surface area contributed by atoms with Gasteiger partial charge in [-0.2, -0.15) is 10.2 Å². The monoisotopic (exact) mass is 302 g/mol. The van der Waals surface area contributed by atoms with Crippen LogP contribution < -0.4 is 0 Å². The Bertz CT molecular complexity index is 715. The first-order valence-electron chi connectivity index (χ1n) is 8.70. The van der Waals surface area contributed by atoms with Crippen molar-refractivity contribution in [2.75, 3.05) is 0 Å². The van der Waals surface area contributed by atoms with Gasteiger partial charge in [0.05, 0.1) is 0 Å². The second-order valence-corrected chi connectivity index (χ2v) is 7.88. The molecule has 2 nitrogen and oxygen atoms in total. The van der Waals surface area contributed by atoms with Crippen molar-refractivity contribution in [1.29, 1.82) is 0 Å². The Labute approximate surface area is 137 Å². The minimum absolute atomic E-state index is 0.00542. The number of fused-ring (bicyclic) bond motifs is 5. The molecule has 0 amide bonds. The van der Waals surface area contributed by atoms with Crippen LogP contribution in [0.25, 0.3) is 0 Å². The molecule has 0 unspecified atom stereocenters. The largest absolute Gasteiger partial charge is 0.181 e. The molecule has 2 aromatic rings. The predicted molar refractivity (Wildman–Crippen MR) is 91.1 cm³/mol. The van der Waals surface area contributed by atoms with Crippen molar-refractivity contribution in [1.82, 2.24) is 0 Å². The highest BCUT2D eigenvalue weighted by Gasteiger charge is 2.79. The number of nitrogens with zero attached hydrogens (tertiary/aromatic N) is 2. The third-order valence-electron chi connectivity index (χ3n) is 7.05. The van der Waals surface area contributed by atoms with Gasteiger partial charge in [-0.15, -0.1) is 0 Å². The van der Waals surface area contributed by atoms with Crippen molar-refractivity contribution in [3.8, 4) is 0 Å². The molecule has 1 heterocycles. The molecule has 4 atom stereocenters. The van der Waals surface area contributed by atoms with Crippen LogP contribution in [-0.2, 0) is 11.1 Å². The minimum Gasteiger partial charge on any atom is -0.181 e. The molecule has 2 aliphatic carbocycles. The standard InChI is InChI=1S/C21H22N2/c1-19(2)20(15-9-5-3-6-10-15)17-13-14-18(17)21(19,23-22-20)16-11-7-4-8-12-16/h3-12,17-18H,13-14H2,1-2H3/t17-,18-,20-,21+/m0/s1. The molecular weight excluding hydrogens is 280 g/mol. The summed E-state index contributed by atoms with van der Waals surface area (Å²) in [5, 5.41) is 10.0. The highest BCUT2D eigenvalue weighted by Crippen LogP contribution is 2.78. The van der Waals surface area contributed by atoms with Gasteiger partial charge in [-0.1, -0.05) is 74.5 Å². The van der Waals surface area contributed by atoms with Crippen molar-refractivity contribution in [2.45, 2.75) is 37.8 Å².